The van der Waals surface area contributed by atoms with Crippen LogP contribution in [0.5, 0.6) is 0 Å². The molecule has 1 heterocycles. The summed E-state index contributed by atoms with van der Waals surface area (Å²) in [6, 6.07) is 9.71. The summed E-state index contributed by atoms with van der Waals surface area (Å²) < 4.78 is 1.71. The number of anilines is 1. The Bertz CT molecular complexity index is 626. The van der Waals surface area contributed by atoms with Gasteiger partial charge in [-0.3, -0.25) is 4.79 Å². The lowest BCUT2D eigenvalue weighted by Gasteiger charge is -2.21. The number of aromatic nitrogens is 4. The van der Waals surface area contributed by atoms with Gasteiger partial charge in [0.15, 0.2) is 0 Å². The van der Waals surface area contributed by atoms with Crippen LogP contribution in [-0.4, -0.2) is 38.4 Å². The Hall–Kier alpha value is -2.15. The van der Waals surface area contributed by atoms with Gasteiger partial charge in [0.25, 0.3) is 0 Å². The monoisotopic (exact) mass is 317 g/mol. The number of thioether (sulfide) groups is 1. The van der Waals surface area contributed by atoms with E-state index >= 15 is 0 Å². The summed E-state index contributed by atoms with van der Waals surface area (Å²) in [7, 11) is 0. The van der Waals surface area contributed by atoms with E-state index in [9.17, 15) is 4.79 Å². The zero-order valence-corrected chi connectivity index (χ0v) is 13.5. The van der Waals surface area contributed by atoms with Crippen LogP contribution in [0.2, 0.25) is 0 Å². The largest absolute Gasteiger partial charge is 0.308 e. The van der Waals surface area contributed by atoms with Gasteiger partial charge >= 0.3 is 0 Å². The van der Waals surface area contributed by atoms with Gasteiger partial charge in [0.05, 0.1) is 11.8 Å². The molecule has 0 aliphatic heterocycles. The number of para-hydroxylation sites is 1. The van der Waals surface area contributed by atoms with Crippen LogP contribution in [0.1, 0.15) is 19.9 Å². The fourth-order valence-corrected chi connectivity index (χ4v) is 2.78. The van der Waals surface area contributed by atoms with Crippen LogP contribution in [0, 0.1) is 0 Å². The van der Waals surface area contributed by atoms with Gasteiger partial charge in [0.1, 0.15) is 0 Å². The highest BCUT2D eigenvalue weighted by Crippen LogP contribution is 2.20. The second kappa shape index (κ2) is 7.74. The molecule has 116 valence electrons. The number of nitrogens with zero attached hydrogens (tertiary/aromatic N) is 5. The van der Waals surface area contributed by atoms with Crippen molar-refractivity contribution in [2.75, 3.05) is 17.2 Å². The number of rotatable bonds is 7. The van der Waals surface area contributed by atoms with Gasteiger partial charge in [-0.2, -0.15) is 0 Å². The quantitative estimate of drug-likeness (QED) is 0.580. The van der Waals surface area contributed by atoms with E-state index in [1.807, 2.05) is 44.2 Å². The van der Waals surface area contributed by atoms with Gasteiger partial charge in [-0.15, -0.1) is 11.7 Å². The van der Waals surface area contributed by atoms with Crippen LogP contribution >= 0.6 is 11.8 Å². The molecule has 1 aromatic heterocycles. The molecule has 2 aromatic rings. The van der Waals surface area contributed by atoms with Gasteiger partial charge in [-0.25, -0.2) is 4.68 Å². The Morgan fingerprint density at radius 3 is 2.77 bits per heavy atom. The lowest BCUT2D eigenvalue weighted by atomic mass is 10.3. The molecule has 0 fully saturated rings. The van der Waals surface area contributed by atoms with Gasteiger partial charge in [0.2, 0.25) is 11.1 Å². The van der Waals surface area contributed by atoms with E-state index in [0.717, 1.165) is 5.69 Å². The fraction of sp³-hybridized carbons (Fsp3) is 0.333. The minimum atomic E-state index is -0.00518. The first-order chi connectivity index (χ1) is 10.6. The Labute approximate surface area is 134 Å². The second-order valence-corrected chi connectivity index (χ2v) is 5.86. The number of amides is 1. The van der Waals surface area contributed by atoms with E-state index in [-0.39, 0.29) is 17.7 Å². The van der Waals surface area contributed by atoms with Crippen molar-refractivity contribution in [1.82, 2.24) is 20.2 Å². The summed E-state index contributed by atoms with van der Waals surface area (Å²) in [4.78, 5) is 14.2. The summed E-state index contributed by atoms with van der Waals surface area (Å²) in [6.07, 6.45) is 1.72. The molecular weight excluding hydrogens is 298 g/mol. The van der Waals surface area contributed by atoms with Crippen LogP contribution in [-0.2, 0) is 4.79 Å². The van der Waals surface area contributed by atoms with E-state index in [1.54, 1.807) is 15.7 Å². The third-order valence-electron chi connectivity index (χ3n) is 2.96. The first-order valence-corrected chi connectivity index (χ1v) is 7.99. The highest BCUT2D eigenvalue weighted by molar-refractivity contribution is 7.99. The molecule has 0 bridgehead atoms. The highest BCUT2D eigenvalue weighted by atomic mass is 32.2. The Balaban J connectivity index is 2.06. The number of carbonyl (C=O) groups excluding carboxylic acids is 1. The lowest BCUT2D eigenvalue weighted by Crippen LogP contribution is -2.32. The van der Waals surface area contributed by atoms with Gasteiger partial charge < -0.3 is 4.90 Å². The average Bonchev–Trinajstić information content (AvgIpc) is 3.00. The summed E-state index contributed by atoms with van der Waals surface area (Å²) in [5.74, 6) is 0.268. The summed E-state index contributed by atoms with van der Waals surface area (Å²) in [5, 5.41) is 12.2. The van der Waals surface area contributed by atoms with Crippen molar-refractivity contribution in [2.45, 2.75) is 25.0 Å². The summed E-state index contributed by atoms with van der Waals surface area (Å²) in [6.45, 7) is 8.18. The minimum absolute atomic E-state index is 0.00518. The fourth-order valence-electron chi connectivity index (χ4n) is 1.90. The van der Waals surface area contributed by atoms with Crippen molar-refractivity contribution in [3.63, 3.8) is 0 Å². The lowest BCUT2D eigenvalue weighted by molar-refractivity contribution is -0.116. The maximum atomic E-state index is 12.5. The molecule has 1 aromatic carbocycles. The molecule has 0 atom stereocenters. The molecule has 1 amide bonds. The van der Waals surface area contributed by atoms with Crippen LogP contribution < -0.4 is 4.90 Å². The third kappa shape index (κ3) is 3.94. The van der Waals surface area contributed by atoms with Crippen molar-refractivity contribution in [3.8, 4) is 0 Å². The molecule has 0 unspecified atom stereocenters. The molecular formula is C15H19N5OS. The maximum absolute atomic E-state index is 12.5. The van der Waals surface area contributed by atoms with E-state index in [4.69, 9.17) is 0 Å². The van der Waals surface area contributed by atoms with Crippen molar-refractivity contribution >= 4 is 23.4 Å². The average molecular weight is 317 g/mol. The molecule has 0 aliphatic carbocycles. The van der Waals surface area contributed by atoms with Gasteiger partial charge in [-0.05, 0) is 36.4 Å². The normalized spacial score (nSPS) is 10.7. The molecule has 2 rings (SSSR count). The SMILES string of the molecule is C=CCN(C(=O)CSc1nnnn1C(C)C)c1ccccc1. The van der Waals surface area contributed by atoms with Gasteiger partial charge in [0, 0.05) is 12.2 Å². The van der Waals surface area contributed by atoms with Crippen LogP contribution in [0.4, 0.5) is 5.69 Å². The topological polar surface area (TPSA) is 63.9 Å². The van der Waals surface area contributed by atoms with Crippen LogP contribution in [0.15, 0.2) is 48.1 Å². The summed E-state index contributed by atoms with van der Waals surface area (Å²) >= 11 is 1.34. The zero-order chi connectivity index (χ0) is 15.9. The van der Waals surface area contributed by atoms with E-state index in [1.165, 1.54) is 11.8 Å². The van der Waals surface area contributed by atoms with E-state index in [0.29, 0.717) is 11.7 Å². The first kappa shape index (κ1) is 16.2. The number of benzene rings is 1. The molecule has 0 saturated carbocycles. The molecule has 22 heavy (non-hydrogen) atoms. The maximum Gasteiger partial charge on any atom is 0.237 e. The molecule has 0 N–H and O–H groups in total. The van der Waals surface area contributed by atoms with E-state index in [2.05, 4.69) is 22.1 Å². The van der Waals surface area contributed by atoms with Crippen LogP contribution in [0.3, 0.4) is 0 Å². The highest BCUT2D eigenvalue weighted by Gasteiger charge is 2.17. The Morgan fingerprint density at radius 2 is 2.14 bits per heavy atom. The van der Waals surface area contributed by atoms with Crippen LogP contribution in [0.25, 0.3) is 0 Å². The minimum Gasteiger partial charge on any atom is -0.308 e. The molecule has 0 aliphatic rings. The van der Waals surface area contributed by atoms with Crippen molar-refractivity contribution in [3.05, 3.63) is 43.0 Å². The smallest absolute Gasteiger partial charge is 0.237 e. The third-order valence-corrected chi connectivity index (χ3v) is 3.88. The summed E-state index contributed by atoms with van der Waals surface area (Å²) in [5.41, 5.74) is 0.858. The van der Waals surface area contributed by atoms with Gasteiger partial charge in [-0.1, -0.05) is 36.0 Å². The zero-order valence-electron chi connectivity index (χ0n) is 12.7. The standard InChI is InChI=1S/C15H19N5OS/c1-4-10-19(13-8-6-5-7-9-13)14(21)11-22-15-16-17-18-20(15)12(2)3/h4-9,12H,1,10-11H2,2-3H3. The van der Waals surface area contributed by atoms with Crippen molar-refractivity contribution in [2.24, 2.45) is 0 Å². The van der Waals surface area contributed by atoms with E-state index < -0.39 is 0 Å². The Morgan fingerprint density at radius 1 is 1.41 bits per heavy atom. The number of carbonyl (C=O) groups is 1. The Kier molecular flexibility index (Phi) is 5.71. The molecule has 6 nitrogen and oxygen atoms in total. The first-order valence-electron chi connectivity index (χ1n) is 7.00. The second-order valence-electron chi connectivity index (χ2n) is 4.92. The predicted molar refractivity (Wildman–Crippen MR) is 87.9 cm³/mol. The molecule has 0 radical (unpaired) electrons. The van der Waals surface area contributed by atoms with Crippen molar-refractivity contribution < 1.29 is 4.79 Å². The molecule has 0 saturated heterocycles. The molecule has 7 heteroatoms. The number of hydrogen-bond donors (Lipinski definition) is 0. The predicted octanol–water partition coefficient (Wildman–Crippen LogP) is 2.57. The van der Waals surface area contributed by atoms with Crippen molar-refractivity contribution in [1.29, 1.82) is 0 Å². The number of hydrogen-bond acceptors (Lipinski definition) is 5. The number of tetrazole rings is 1. The molecule has 0 spiro atoms.